The molecule has 0 radical (unpaired) electrons. The highest BCUT2D eigenvalue weighted by molar-refractivity contribution is 9.09. The zero-order valence-electron chi connectivity index (χ0n) is 7.68. The number of halogens is 1. The molecule has 2 nitrogen and oxygen atoms in total. The third-order valence-corrected chi connectivity index (χ3v) is 7.38. The number of nitrogens with zero attached hydrogens (tertiary/aromatic N) is 1. The van der Waals surface area contributed by atoms with Crippen LogP contribution in [0.5, 0.6) is 0 Å². The van der Waals surface area contributed by atoms with Gasteiger partial charge < -0.3 is 5.21 Å². The molecule has 9 atom stereocenters. The molecular weight excluding hydrogens is 242 g/mol. The van der Waals surface area contributed by atoms with Gasteiger partial charge in [-0.1, -0.05) is 21.1 Å². The van der Waals surface area contributed by atoms with E-state index in [1.54, 1.807) is 0 Å². The van der Waals surface area contributed by atoms with E-state index in [0.29, 0.717) is 11.8 Å². The Balaban J connectivity index is 1.85. The lowest BCUT2D eigenvalue weighted by Gasteiger charge is -2.32. The van der Waals surface area contributed by atoms with Crippen LogP contribution in [0.4, 0.5) is 0 Å². The normalized spacial score (nSPS) is 77.8. The second-order valence-corrected chi connectivity index (χ2v) is 6.95. The Morgan fingerprint density at radius 1 is 1.07 bits per heavy atom. The van der Waals surface area contributed by atoms with Crippen molar-refractivity contribution in [2.75, 3.05) is 0 Å². The van der Waals surface area contributed by atoms with Gasteiger partial charge in [0, 0.05) is 16.7 Å². The van der Waals surface area contributed by atoms with Gasteiger partial charge in [0.2, 0.25) is 0 Å². The minimum Gasteiger partial charge on any atom is -0.411 e. The topological polar surface area (TPSA) is 32.6 Å². The minimum absolute atomic E-state index is 0.674. The smallest absolute Gasteiger partial charge is 0.0644 e. The first kappa shape index (κ1) is 7.26. The summed E-state index contributed by atoms with van der Waals surface area (Å²) >= 11 is 3.91. The van der Waals surface area contributed by atoms with Crippen LogP contribution in [0.15, 0.2) is 5.16 Å². The third-order valence-electron chi connectivity index (χ3n) is 6.16. The number of rotatable bonds is 0. The molecule has 6 aliphatic rings. The highest BCUT2D eigenvalue weighted by atomic mass is 79.9. The van der Waals surface area contributed by atoms with E-state index >= 15 is 0 Å². The average Bonchev–Trinajstić information content (AvgIpc) is 2.85. The number of oxime groups is 1. The van der Waals surface area contributed by atoms with Crippen molar-refractivity contribution in [1.82, 2.24) is 0 Å². The maximum absolute atomic E-state index is 9.14. The van der Waals surface area contributed by atoms with E-state index in [2.05, 4.69) is 21.1 Å². The van der Waals surface area contributed by atoms with Crippen LogP contribution < -0.4 is 0 Å². The van der Waals surface area contributed by atoms with Crippen LogP contribution in [0.2, 0.25) is 0 Å². The van der Waals surface area contributed by atoms with Crippen LogP contribution in [-0.4, -0.2) is 15.7 Å². The van der Waals surface area contributed by atoms with E-state index < -0.39 is 0 Å². The molecule has 74 valence electrons. The maximum Gasteiger partial charge on any atom is 0.0644 e. The van der Waals surface area contributed by atoms with E-state index in [-0.39, 0.29) is 0 Å². The molecule has 1 N–H and O–H groups in total. The molecule has 6 aliphatic carbocycles. The van der Waals surface area contributed by atoms with Gasteiger partial charge in [-0.05, 0) is 41.9 Å². The van der Waals surface area contributed by atoms with Gasteiger partial charge >= 0.3 is 0 Å². The fourth-order valence-electron chi connectivity index (χ4n) is 6.36. The van der Waals surface area contributed by atoms with Gasteiger partial charge in [-0.15, -0.1) is 0 Å². The minimum atomic E-state index is 0.674. The molecule has 0 aromatic heterocycles. The zero-order valence-corrected chi connectivity index (χ0v) is 9.26. The molecule has 6 rings (SSSR count). The highest BCUT2D eigenvalue weighted by Gasteiger charge is 2.82. The molecule has 0 heterocycles. The van der Waals surface area contributed by atoms with E-state index in [1.165, 1.54) is 12.1 Å². The van der Waals surface area contributed by atoms with E-state index in [9.17, 15) is 0 Å². The van der Waals surface area contributed by atoms with E-state index in [1.807, 2.05) is 0 Å². The summed E-state index contributed by atoms with van der Waals surface area (Å²) in [4.78, 5) is 0.752. The molecular formula is C11H12BrNO. The molecule has 6 saturated carbocycles. The van der Waals surface area contributed by atoms with Crippen molar-refractivity contribution >= 4 is 21.6 Å². The van der Waals surface area contributed by atoms with Crippen molar-refractivity contribution in [3.05, 3.63) is 0 Å². The predicted octanol–water partition coefficient (Wildman–Crippen LogP) is 1.97. The first-order chi connectivity index (χ1) is 6.84. The molecule has 0 unspecified atom stereocenters. The van der Waals surface area contributed by atoms with Crippen molar-refractivity contribution in [2.24, 2.45) is 52.5 Å². The number of hydrogen-bond acceptors (Lipinski definition) is 2. The number of hydrogen-bond donors (Lipinski definition) is 1. The molecule has 0 aliphatic heterocycles. The lowest BCUT2D eigenvalue weighted by molar-refractivity contribution is 0.132. The Kier molecular flexibility index (Phi) is 0.940. The fourth-order valence-corrected chi connectivity index (χ4v) is 7.79. The summed E-state index contributed by atoms with van der Waals surface area (Å²) in [5.41, 5.74) is 1.20. The van der Waals surface area contributed by atoms with Gasteiger partial charge in [0.15, 0.2) is 0 Å². The molecule has 6 fully saturated rings. The van der Waals surface area contributed by atoms with Gasteiger partial charge in [0.05, 0.1) is 5.71 Å². The molecule has 3 heteroatoms. The van der Waals surface area contributed by atoms with Crippen molar-refractivity contribution < 1.29 is 5.21 Å². The van der Waals surface area contributed by atoms with Gasteiger partial charge in [0.25, 0.3) is 0 Å². The molecule has 0 amide bonds. The Morgan fingerprint density at radius 2 is 1.86 bits per heavy atom. The Hall–Kier alpha value is -0.0500. The van der Waals surface area contributed by atoms with Crippen LogP contribution in [0.3, 0.4) is 0 Å². The first-order valence-corrected chi connectivity index (χ1v) is 6.62. The van der Waals surface area contributed by atoms with Crippen LogP contribution in [0.25, 0.3) is 0 Å². The van der Waals surface area contributed by atoms with Gasteiger partial charge in [-0.25, -0.2) is 0 Å². The summed E-state index contributed by atoms with van der Waals surface area (Å²) in [5.74, 6) is 6.84. The SMILES string of the molecule is O/N=C1\[C@H]2[C@@H]3C[C@@H]4[C@@H]5[C@@H](Br)[C@H]([C@H]1[C@H]35)[C@@H]42. The maximum atomic E-state index is 9.14. The molecule has 0 spiro atoms. The standard InChI is InChI=1S/C11H12BrNO/c12-10-6-2-1-3-4(6)9-8(10)5(2)7(3)11(9)13-14/h2-10,14H,1H2/b13-11+/t2-,3+,4+,5-,6-,7-,8-,9+,10+/m0/s1. The van der Waals surface area contributed by atoms with Crippen LogP contribution >= 0.6 is 15.9 Å². The fraction of sp³-hybridized carbons (Fsp3) is 0.909. The van der Waals surface area contributed by atoms with Crippen LogP contribution in [0.1, 0.15) is 6.42 Å². The van der Waals surface area contributed by atoms with Gasteiger partial charge in [-0.2, -0.15) is 0 Å². The van der Waals surface area contributed by atoms with Crippen molar-refractivity contribution in [3.8, 4) is 0 Å². The Bertz CT molecular complexity index is 379. The first-order valence-electron chi connectivity index (χ1n) is 5.70. The molecule has 0 aromatic carbocycles. The molecule has 6 bridgehead atoms. The monoisotopic (exact) mass is 253 g/mol. The largest absolute Gasteiger partial charge is 0.411 e. The summed E-state index contributed by atoms with van der Waals surface area (Å²) in [6.45, 7) is 0. The van der Waals surface area contributed by atoms with Crippen LogP contribution in [0, 0.1) is 47.3 Å². The van der Waals surface area contributed by atoms with Crippen molar-refractivity contribution in [2.45, 2.75) is 11.2 Å². The highest BCUT2D eigenvalue weighted by Crippen LogP contribution is 2.82. The second kappa shape index (κ2) is 1.81. The summed E-state index contributed by atoms with van der Waals surface area (Å²) in [7, 11) is 0. The third kappa shape index (κ3) is 0.427. The summed E-state index contributed by atoms with van der Waals surface area (Å²) in [5, 5.41) is 12.8. The summed E-state index contributed by atoms with van der Waals surface area (Å²) < 4.78 is 0. The molecule has 14 heavy (non-hydrogen) atoms. The number of alkyl halides is 1. The van der Waals surface area contributed by atoms with Crippen molar-refractivity contribution in [3.63, 3.8) is 0 Å². The lowest BCUT2D eigenvalue weighted by atomic mass is 9.71. The van der Waals surface area contributed by atoms with Crippen LogP contribution in [-0.2, 0) is 0 Å². The molecule has 0 saturated heterocycles. The quantitative estimate of drug-likeness (QED) is 0.400. The average molecular weight is 254 g/mol. The predicted molar refractivity (Wildman–Crippen MR) is 54.5 cm³/mol. The molecule has 0 aromatic rings. The summed E-state index contributed by atoms with van der Waals surface area (Å²) in [6, 6.07) is 0. The lowest BCUT2D eigenvalue weighted by Crippen LogP contribution is -2.30. The van der Waals surface area contributed by atoms with E-state index in [0.717, 1.165) is 40.3 Å². The van der Waals surface area contributed by atoms with Gasteiger partial charge in [-0.3, -0.25) is 0 Å². The summed E-state index contributed by atoms with van der Waals surface area (Å²) in [6.07, 6.45) is 1.44. The van der Waals surface area contributed by atoms with Crippen molar-refractivity contribution in [1.29, 1.82) is 0 Å². The second-order valence-electron chi connectivity index (χ2n) is 5.89. The Labute approximate surface area is 90.9 Å². The van der Waals surface area contributed by atoms with Gasteiger partial charge in [0.1, 0.15) is 0 Å². The zero-order chi connectivity index (χ0) is 9.19. The van der Waals surface area contributed by atoms with E-state index in [4.69, 9.17) is 5.21 Å². The Morgan fingerprint density at radius 3 is 2.57 bits per heavy atom.